The first kappa shape index (κ1) is 17.6. The highest BCUT2D eigenvalue weighted by atomic mass is 16.2. The molecule has 0 fully saturated rings. The summed E-state index contributed by atoms with van der Waals surface area (Å²) in [4.78, 5) is 29.4. The number of amides is 1. The highest BCUT2D eigenvalue weighted by Crippen LogP contribution is 2.12. The van der Waals surface area contributed by atoms with Gasteiger partial charge in [-0.15, -0.1) is 0 Å². The monoisotopic (exact) mass is 374 g/mol. The third-order valence-corrected chi connectivity index (χ3v) is 4.41. The van der Waals surface area contributed by atoms with Crippen LogP contribution in [0.15, 0.2) is 65.8 Å². The smallest absolute Gasteiger partial charge is 0.275 e. The molecule has 0 atom stereocenters. The normalized spacial score (nSPS) is 10.9. The summed E-state index contributed by atoms with van der Waals surface area (Å²) in [5.74, 6) is 0.337. The summed E-state index contributed by atoms with van der Waals surface area (Å²) >= 11 is 0. The van der Waals surface area contributed by atoms with Crippen molar-refractivity contribution in [3.63, 3.8) is 0 Å². The van der Waals surface area contributed by atoms with Gasteiger partial charge in [0.2, 0.25) is 5.91 Å². The number of carbonyl (C=O) groups is 1. The van der Waals surface area contributed by atoms with Crippen LogP contribution in [0.1, 0.15) is 11.3 Å². The first-order valence-corrected chi connectivity index (χ1v) is 8.80. The van der Waals surface area contributed by atoms with E-state index in [0.717, 1.165) is 10.9 Å². The van der Waals surface area contributed by atoms with Gasteiger partial charge in [-0.2, -0.15) is 10.2 Å². The number of aryl methyl sites for hydroxylation is 1. The Morgan fingerprint density at radius 1 is 1.07 bits per heavy atom. The van der Waals surface area contributed by atoms with Crippen molar-refractivity contribution in [1.82, 2.24) is 29.9 Å². The van der Waals surface area contributed by atoms with Crippen LogP contribution in [0.2, 0.25) is 0 Å². The van der Waals surface area contributed by atoms with Gasteiger partial charge >= 0.3 is 0 Å². The van der Waals surface area contributed by atoms with Crippen LogP contribution in [-0.2, 0) is 17.9 Å². The second kappa shape index (κ2) is 7.43. The Morgan fingerprint density at radius 3 is 2.68 bits per heavy atom. The van der Waals surface area contributed by atoms with Crippen molar-refractivity contribution in [1.29, 1.82) is 0 Å². The third kappa shape index (κ3) is 3.39. The molecule has 1 N–H and O–H groups in total. The van der Waals surface area contributed by atoms with E-state index in [2.05, 4.69) is 20.5 Å². The minimum atomic E-state index is -0.306. The van der Waals surface area contributed by atoms with Gasteiger partial charge in [0.1, 0.15) is 6.54 Å². The zero-order valence-electron chi connectivity index (χ0n) is 15.2. The van der Waals surface area contributed by atoms with Crippen molar-refractivity contribution in [3.8, 4) is 5.82 Å². The van der Waals surface area contributed by atoms with E-state index in [1.165, 1.54) is 4.68 Å². The zero-order valence-corrected chi connectivity index (χ0v) is 15.2. The summed E-state index contributed by atoms with van der Waals surface area (Å²) < 4.78 is 2.84. The average molecular weight is 374 g/mol. The molecule has 0 radical (unpaired) electrons. The quantitative estimate of drug-likeness (QED) is 0.573. The number of carbonyl (C=O) groups excluding carboxylic acids is 1. The molecular formula is C20H18N6O2. The molecule has 8 nitrogen and oxygen atoms in total. The van der Waals surface area contributed by atoms with Crippen LogP contribution in [0.5, 0.6) is 0 Å². The van der Waals surface area contributed by atoms with Crippen LogP contribution < -0.4 is 10.9 Å². The van der Waals surface area contributed by atoms with Gasteiger partial charge in [0, 0.05) is 36.1 Å². The molecule has 4 aromatic rings. The highest BCUT2D eigenvalue weighted by molar-refractivity contribution is 5.83. The fourth-order valence-corrected chi connectivity index (χ4v) is 3.07. The Balaban J connectivity index is 1.52. The van der Waals surface area contributed by atoms with E-state index in [9.17, 15) is 9.59 Å². The van der Waals surface area contributed by atoms with Crippen LogP contribution >= 0.6 is 0 Å². The lowest BCUT2D eigenvalue weighted by Crippen LogP contribution is -2.34. The van der Waals surface area contributed by atoms with Gasteiger partial charge < -0.3 is 5.32 Å². The van der Waals surface area contributed by atoms with Gasteiger partial charge in [-0.1, -0.05) is 24.3 Å². The maximum Gasteiger partial charge on any atom is 0.275 e. The summed E-state index contributed by atoms with van der Waals surface area (Å²) in [6.07, 6.45) is 5.12. The molecule has 3 aromatic heterocycles. The Kier molecular flexibility index (Phi) is 4.67. The van der Waals surface area contributed by atoms with Crippen molar-refractivity contribution >= 4 is 16.7 Å². The number of nitrogens with one attached hydrogen (secondary N) is 1. The van der Waals surface area contributed by atoms with E-state index in [1.807, 2.05) is 25.1 Å². The average Bonchev–Trinajstić information content (AvgIpc) is 3.25. The molecule has 0 spiro atoms. The number of benzene rings is 1. The van der Waals surface area contributed by atoms with Gasteiger partial charge in [0.25, 0.3) is 5.56 Å². The predicted octanol–water partition coefficient (Wildman–Crippen LogP) is 1.60. The lowest BCUT2D eigenvalue weighted by molar-refractivity contribution is -0.122. The van der Waals surface area contributed by atoms with E-state index < -0.39 is 0 Å². The van der Waals surface area contributed by atoms with Crippen molar-refractivity contribution in [2.45, 2.75) is 20.0 Å². The summed E-state index contributed by atoms with van der Waals surface area (Å²) in [6.45, 7) is 1.94. The lowest BCUT2D eigenvalue weighted by Gasteiger charge is -2.11. The molecule has 0 saturated heterocycles. The Bertz CT molecular complexity index is 1200. The number of hydrogen-bond donors (Lipinski definition) is 1. The SMILES string of the molecule is Cc1nn(CC(=O)NCc2cccnc2-n2cccn2)c(=O)c2ccccc12. The minimum Gasteiger partial charge on any atom is -0.350 e. The van der Waals surface area contributed by atoms with Crippen molar-refractivity contribution in [2.75, 3.05) is 0 Å². The maximum absolute atomic E-state index is 12.6. The fourth-order valence-electron chi connectivity index (χ4n) is 3.07. The van der Waals surface area contributed by atoms with Crippen LogP contribution in [0.4, 0.5) is 0 Å². The second-order valence-electron chi connectivity index (χ2n) is 6.31. The first-order valence-electron chi connectivity index (χ1n) is 8.80. The topological polar surface area (TPSA) is 94.7 Å². The molecule has 0 unspecified atom stereocenters. The van der Waals surface area contributed by atoms with Crippen LogP contribution in [-0.4, -0.2) is 30.5 Å². The Morgan fingerprint density at radius 2 is 1.89 bits per heavy atom. The Hall–Kier alpha value is -3.81. The molecule has 1 aromatic carbocycles. The molecule has 140 valence electrons. The highest BCUT2D eigenvalue weighted by Gasteiger charge is 2.12. The van der Waals surface area contributed by atoms with E-state index >= 15 is 0 Å². The molecule has 3 heterocycles. The van der Waals surface area contributed by atoms with E-state index in [4.69, 9.17) is 0 Å². The van der Waals surface area contributed by atoms with E-state index in [1.54, 1.807) is 47.5 Å². The van der Waals surface area contributed by atoms with Crippen LogP contribution in [0.3, 0.4) is 0 Å². The molecular weight excluding hydrogens is 356 g/mol. The van der Waals surface area contributed by atoms with E-state index in [-0.39, 0.29) is 24.6 Å². The molecule has 0 bridgehead atoms. The van der Waals surface area contributed by atoms with Crippen molar-refractivity contribution in [2.24, 2.45) is 0 Å². The number of hydrogen-bond acceptors (Lipinski definition) is 5. The first-order chi connectivity index (χ1) is 13.6. The summed E-state index contributed by atoms with van der Waals surface area (Å²) in [7, 11) is 0. The minimum absolute atomic E-state index is 0.151. The van der Waals surface area contributed by atoms with Crippen LogP contribution in [0.25, 0.3) is 16.6 Å². The van der Waals surface area contributed by atoms with Crippen molar-refractivity contribution < 1.29 is 4.79 Å². The van der Waals surface area contributed by atoms with E-state index in [0.29, 0.717) is 16.9 Å². The largest absolute Gasteiger partial charge is 0.350 e. The standard InChI is InChI=1S/C20H18N6O2/c1-14-16-7-2-3-8-17(16)20(28)26(24-14)13-18(27)22-12-15-6-4-9-21-19(15)25-11-5-10-23-25/h2-11H,12-13H2,1H3,(H,22,27). The maximum atomic E-state index is 12.6. The lowest BCUT2D eigenvalue weighted by atomic mass is 10.1. The Labute approximate surface area is 160 Å². The number of nitrogens with zero attached hydrogens (tertiary/aromatic N) is 5. The molecule has 0 saturated carbocycles. The third-order valence-electron chi connectivity index (χ3n) is 4.41. The molecule has 0 aliphatic rings. The number of rotatable bonds is 5. The molecule has 0 aliphatic carbocycles. The fraction of sp³-hybridized carbons (Fsp3) is 0.150. The van der Waals surface area contributed by atoms with Gasteiger partial charge in [-0.3, -0.25) is 9.59 Å². The molecule has 28 heavy (non-hydrogen) atoms. The van der Waals surface area contributed by atoms with Gasteiger partial charge in [-0.25, -0.2) is 14.3 Å². The van der Waals surface area contributed by atoms with Crippen molar-refractivity contribution in [3.05, 3.63) is 82.7 Å². The number of fused-ring (bicyclic) bond motifs is 1. The number of pyridine rings is 1. The number of aromatic nitrogens is 5. The summed E-state index contributed by atoms with van der Waals surface area (Å²) in [5.41, 5.74) is 1.24. The molecule has 4 rings (SSSR count). The molecule has 8 heteroatoms. The second-order valence-corrected chi connectivity index (χ2v) is 6.31. The summed E-state index contributed by atoms with van der Waals surface area (Å²) in [5, 5.41) is 12.6. The summed E-state index contributed by atoms with van der Waals surface area (Å²) in [6, 6.07) is 12.7. The zero-order chi connectivity index (χ0) is 19.5. The van der Waals surface area contributed by atoms with Gasteiger partial charge in [0.05, 0.1) is 11.1 Å². The molecule has 1 amide bonds. The molecule has 0 aliphatic heterocycles. The van der Waals surface area contributed by atoms with Gasteiger partial charge in [0.15, 0.2) is 5.82 Å². The predicted molar refractivity (Wildman–Crippen MR) is 104 cm³/mol. The van der Waals surface area contributed by atoms with Crippen LogP contribution in [0, 0.1) is 6.92 Å². The van der Waals surface area contributed by atoms with Gasteiger partial charge in [-0.05, 0) is 25.1 Å².